The number of aromatic amines is 1. The molecule has 2 aliphatic rings. The van der Waals surface area contributed by atoms with Crippen LogP contribution in [-0.2, 0) is 21.6 Å². The third kappa shape index (κ3) is 3.91. The number of carboxylic acids is 1. The Kier molecular flexibility index (Phi) is 5.35. The number of aliphatic carboxylic acids is 1. The van der Waals surface area contributed by atoms with E-state index in [2.05, 4.69) is 20.8 Å². The summed E-state index contributed by atoms with van der Waals surface area (Å²) < 4.78 is 5.70. The Labute approximate surface area is 195 Å². The Bertz CT molecular complexity index is 1280. The molecule has 0 aliphatic carbocycles. The van der Waals surface area contributed by atoms with E-state index < -0.39 is 29.7 Å². The molecule has 176 valence electrons. The van der Waals surface area contributed by atoms with Gasteiger partial charge in [0.25, 0.3) is 0 Å². The summed E-state index contributed by atoms with van der Waals surface area (Å²) in [7, 11) is 0. The fourth-order valence-electron chi connectivity index (χ4n) is 4.91. The number of aryl methyl sites for hydroxylation is 1. The van der Waals surface area contributed by atoms with E-state index in [1.54, 1.807) is 11.1 Å². The van der Waals surface area contributed by atoms with E-state index in [1.807, 2.05) is 43.3 Å². The summed E-state index contributed by atoms with van der Waals surface area (Å²) >= 11 is 0. The van der Waals surface area contributed by atoms with Gasteiger partial charge in [0.2, 0.25) is 0 Å². The lowest BCUT2D eigenvalue weighted by molar-refractivity contribution is -0.139. The standard InChI is InChI=1S/C24H25N5O5/c1-14-10-15(11-16-13-25-28-20(14)16)12-19(21(30)31)26-22(32)29-8-6-24(7-9-29)17-4-2-3-5-18(17)27-23(33)34-24/h2-5,10-11,13,19H,6-9,12H2,1H3,(H,25,28)(H,26,32)(H,27,33)(H,30,31). The van der Waals surface area contributed by atoms with Gasteiger partial charge in [-0.1, -0.05) is 24.3 Å². The number of ether oxygens (including phenoxy) is 1. The van der Waals surface area contributed by atoms with E-state index in [-0.39, 0.29) is 6.42 Å². The van der Waals surface area contributed by atoms with Crippen molar-refractivity contribution in [3.05, 3.63) is 59.3 Å². The molecule has 10 nitrogen and oxygen atoms in total. The Morgan fingerprint density at radius 3 is 2.79 bits per heavy atom. The van der Waals surface area contributed by atoms with E-state index >= 15 is 0 Å². The summed E-state index contributed by atoms with van der Waals surface area (Å²) in [4.78, 5) is 38.5. The largest absolute Gasteiger partial charge is 0.480 e. The number of carboxylic acid groups (broad SMARTS) is 1. The highest BCUT2D eigenvalue weighted by Gasteiger charge is 2.45. The van der Waals surface area contributed by atoms with E-state index in [0.717, 1.165) is 27.6 Å². The molecule has 34 heavy (non-hydrogen) atoms. The monoisotopic (exact) mass is 463 g/mol. The van der Waals surface area contributed by atoms with Gasteiger partial charge in [0.05, 0.1) is 17.4 Å². The van der Waals surface area contributed by atoms with Crippen molar-refractivity contribution in [2.75, 3.05) is 18.4 Å². The zero-order chi connectivity index (χ0) is 23.9. The number of para-hydroxylation sites is 1. The van der Waals surface area contributed by atoms with Crippen LogP contribution in [0.5, 0.6) is 0 Å². The molecular formula is C24H25N5O5. The van der Waals surface area contributed by atoms with Crippen LogP contribution in [0.3, 0.4) is 0 Å². The second-order valence-electron chi connectivity index (χ2n) is 8.83. The smallest absolute Gasteiger partial charge is 0.412 e. The second kappa shape index (κ2) is 8.36. The van der Waals surface area contributed by atoms with Crippen molar-refractivity contribution in [3.8, 4) is 0 Å². The summed E-state index contributed by atoms with van der Waals surface area (Å²) in [5.41, 5.74) is 3.48. The number of likely N-dealkylation sites (tertiary alicyclic amines) is 1. The number of amides is 3. The van der Waals surface area contributed by atoms with Crippen LogP contribution in [0.25, 0.3) is 10.9 Å². The number of rotatable bonds is 4. The third-order valence-electron chi connectivity index (χ3n) is 6.64. The van der Waals surface area contributed by atoms with Crippen molar-refractivity contribution < 1.29 is 24.2 Å². The first kappa shape index (κ1) is 21.7. The van der Waals surface area contributed by atoms with Crippen molar-refractivity contribution in [2.24, 2.45) is 0 Å². The van der Waals surface area contributed by atoms with Crippen LogP contribution in [0.2, 0.25) is 0 Å². The van der Waals surface area contributed by atoms with Gasteiger partial charge < -0.3 is 20.1 Å². The molecule has 0 radical (unpaired) electrons. The topological polar surface area (TPSA) is 137 Å². The minimum absolute atomic E-state index is 0.150. The molecule has 1 saturated heterocycles. The lowest BCUT2D eigenvalue weighted by Gasteiger charge is -2.44. The van der Waals surface area contributed by atoms with Crippen LogP contribution >= 0.6 is 0 Å². The van der Waals surface area contributed by atoms with Crippen molar-refractivity contribution >= 4 is 34.7 Å². The van der Waals surface area contributed by atoms with E-state index in [1.165, 1.54) is 0 Å². The number of nitrogens with one attached hydrogen (secondary N) is 3. The molecule has 3 heterocycles. The fourth-order valence-corrected chi connectivity index (χ4v) is 4.91. The van der Waals surface area contributed by atoms with Gasteiger partial charge in [0.1, 0.15) is 11.6 Å². The molecule has 10 heteroatoms. The molecule has 2 aromatic carbocycles. The van der Waals surface area contributed by atoms with Gasteiger partial charge in [-0.25, -0.2) is 14.4 Å². The maximum atomic E-state index is 12.9. The van der Waals surface area contributed by atoms with Gasteiger partial charge in [-0.3, -0.25) is 10.4 Å². The van der Waals surface area contributed by atoms with Crippen LogP contribution in [0.1, 0.15) is 29.5 Å². The van der Waals surface area contributed by atoms with Crippen molar-refractivity contribution in [3.63, 3.8) is 0 Å². The predicted molar refractivity (Wildman–Crippen MR) is 124 cm³/mol. The normalized spacial score (nSPS) is 17.6. The first-order valence-corrected chi connectivity index (χ1v) is 11.1. The number of hydrogen-bond acceptors (Lipinski definition) is 5. The molecular weight excluding hydrogens is 438 g/mol. The molecule has 0 bridgehead atoms. The average Bonchev–Trinajstić information content (AvgIpc) is 3.28. The van der Waals surface area contributed by atoms with Gasteiger partial charge >= 0.3 is 18.1 Å². The van der Waals surface area contributed by atoms with Crippen LogP contribution in [0, 0.1) is 6.92 Å². The zero-order valence-electron chi connectivity index (χ0n) is 18.6. The zero-order valence-corrected chi connectivity index (χ0v) is 18.6. The van der Waals surface area contributed by atoms with Crippen LogP contribution in [0.4, 0.5) is 15.3 Å². The number of nitrogens with zero attached hydrogens (tertiary/aromatic N) is 2. The van der Waals surface area contributed by atoms with Crippen LogP contribution < -0.4 is 10.6 Å². The minimum Gasteiger partial charge on any atom is -0.480 e. The van der Waals surface area contributed by atoms with Gasteiger partial charge in [-0.2, -0.15) is 5.10 Å². The maximum Gasteiger partial charge on any atom is 0.412 e. The van der Waals surface area contributed by atoms with Crippen molar-refractivity contribution in [1.29, 1.82) is 0 Å². The van der Waals surface area contributed by atoms with Gasteiger partial charge in [0, 0.05) is 43.3 Å². The molecule has 1 atom stereocenters. The fraction of sp³-hybridized carbons (Fsp3) is 0.333. The number of hydrogen-bond donors (Lipinski definition) is 4. The summed E-state index contributed by atoms with van der Waals surface area (Å²) in [6, 6.07) is 9.73. The number of benzene rings is 2. The van der Waals surface area contributed by atoms with Gasteiger partial charge in [-0.15, -0.1) is 0 Å². The maximum absolute atomic E-state index is 12.9. The Morgan fingerprint density at radius 2 is 2.03 bits per heavy atom. The number of piperidine rings is 1. The van der Waals surface area contributed by atoms with Crippen LogP contribution in [-0.4, -0.2) is 57.4 Å². The molecule has 3 amide bonds. The molecule has 5 rings (SSSR count). The quantitative estimate of drug-likeness (QED) is 0.469. The molecule has 4 N–H and O–H groups in total. The molecule has 0 saturated carbocycles. The highest BCUT2D eigenvalue weighted by Crippen LogP contribution is 2.43. The summed E-state index contributed by atoms with van der Waals surface area (Å²) in [6.07, 6.45) is 2.19. The molecule has 1 unspecified atom stereocenters. The SMILES string of the molecule is Cc1cc(CC(NC(=O)N2CCC3(CC2)OC(=O)Nc2ccccc23)C(=O)O)cc2cn[nH]c12. The lowest BCUT2D eigenvalue weighted by atomic mass is 9.82. The number of carbonyl (C=O) groups is 3. The summed E-state index contributed by atoms with van der Waals surface area (Å²) in [6.45, 7) is 2.59. The Morgan fingerprint density at radius 1 is 1.26 bits per heavy atom. The highest BCUT2D eigenvalue weighted by atomic mass is 16.6. The first-order valence-electron chi connectivity index (χ1n) is 11.1. The third-order valence-corrected chi connectivity index (χ3v) is 6.64. The van der Waals surface area contributed by atoms with E-state index in [9.17, 15) is 19.5 Å². The number of carbonyl (C=O) groups excluding carboxylic acids is 2. The van der Waals surface area contributed by atoms with Crippen molar-refractivity contribution in [2.45, 2.75) is 37.8 Å². The molecule has 1 spiro atoms. The van der Waals surface area contributed by atoms with E-state index in [0.29, 0.717) is 31.6 Å². The molecule has 1 fully saturated rings. The number of urea groups is 1. The highest BCUT2D eigenvalue weighted by molar-refractivity contribution is 5.89. The number of H-pyrrole nitrogens is 1. The second-order valence-corrected chi connectivity index (χ2v) is 8.83. The first-order chi connectivity index (χ1) is 16.3. The van der Waals surface area contributed by atoms with E-state index in [4.69, 9.17) is 4.74 Å². The molecule has 2 aliphatic heterocycles. The van der Waals surface area contributed by atoms with Gasteiger partial charge in [0.15, 0.2) is 0 Å². The molecule has 3 aromatic rings. The lowest BCUT2D eigenvalue weighted by Crippen LogP contribution is -2.54. The predicted octanol–water partition coefficient (Wildman–Crippen LogP) is 3.13. The van der Waals surface area contributed by atoms with Crippen molar-refractivity contribution in [1.82, 2.24) is 20.4 Å². The average molecular weight is 463 g/mol. The number of fused-ring (bicyclic) bond motifs is 3. The number of anilines is 1. The Hall–Kier alpha value is -4.08. The number of aromatic nitrogens is 2. The van der Waals surface area contributed by atoms with Crippen LogP contribution in [0.15, 0.2) is 42.6 Å². The minimum atomic E-state index is -1.10. The van der Waals surface area contributed by atoms with Gasteiger partial charge in [-0.05, 0) is 30.2 Å². The summed E-state index contributed by atoms with van der Waals surface area (Å²) in [5.74, 6) is -1.10. The Balaban J connectivity index is 1.27. The molecule has 1 aromatic heterocycles. The summed E-state index contributed by atoms with van der Waals surface area (Å²) in [5, 5.41) is 23.0.